The quantitative estimate of drug-likeness (QED) is 0.608. The molecule has 2 aliphatic rings. The highest BCUT2D eigenvalue weighted by Crippen LogP contribution is 2.22. The maximum Gasteiger partial charge on any atom is 0.245 e. The van der Waals surface area contributed by atoms with E-state index in [9.17, 15) is 14.4 Å². The van der Waals surface area contributed by atoms with Crippen molar-refractivity contribution in [3.05, 3.63) is 0 Å². The van der Waals surface area contributed by atoms with Crippen LogP contribution in [0.3, 0.4) is 0 Å². The Morgan fingerprint density at radius 1 is 1.39 bits per heavy atom. The first-order valence-electron chi connectivity index (χ1n) is 6.14. The molecule has 0 aliphatic carbocycles. The Hall–Kier alpha value is -1.63. The summed E-state index contributed by atoms with van der Waals surface area (Å²) < 4.78 is 0. The van der Waals surface area contributed by atoms with Gasteiger partial charge in [-0.1, -0.05) is 0 Å². The summed E-state index contributed by atoms with van der Waals surface area (Å²) in [6.07, 6.45) is 2.57. The Morgan fingerprint density at radius 3 is 2.78 bits per heavy atom. The van der Waals surface area contributed by atoms with E-state index < -0.39 is 11.9 Å². The maximum absolute atomic E-state index is 12.2. The monoisotopic (exact) mass is 254 g/mol. The average Bonchev–Trinajstić information content (AvgIpc) is 2.35. The van der Waals surface area contributed by atoms with Gasteiger partial charge in [-0.15, -0.1) is 0 Å². The van der Waals surface area contributed by atoms with Crippen LogP contribution in [0.15, 0.2) is 0 Å². The number of primary amides is 1. The number of hydrogen-bond acceptors (Lipinski definition) is 4. The van der Waals surface area contributed by atoms with Gasteiger partial charge in [0.2, 0.25) is 17.7 Å². The lowest BCUT2D eigenvalue weighted by Crippen LogP contribution is -2.63. The van der Waals surface area contributed by atoms with Crippen LogP contribution in [-0.4, -0.2) is 59.2 Å². The van der Waals surface area contributed by atoms with Gasteiger partial charge in [-0.25, -0.2) is 0 Å². The van der Waals surface area contributed by atoms with Crippen LogP contribution in [0.5, 0.6) is 0 Å². The van der Waals surface area contributed by atoms with Crippen molar-refractivity contribution >= 4 is 17.7 Å². The van der Waals surface area contributed by atoms with E-state index in [1.807, 2.05) is 0 Å². The Morgan fingerprint density at radius 2 is 2.11 bits per heavy atom. The lowest BCUT2D eigenvalue weighted by Gasteiger charge is -2.43. The highest BCUT2D eigenvalue weighted by atomic mass is 16.2. The summed E-state index contributed by atoms with van der Waals surface area (Å²) in [5, 5.41) is 0. The molecule has 3 amide bonds. The number of nitrogens with zero attached hydrogens (tertiary/aromatic N) is 2. The van der Waals surface area contributed by atoms with E-state index in [2.05, 4.69) is 0 Å². The lowest BCUT2D eigenvalue weighted by atomic mass is 9.98. The van der Waals surface area contributed by atoms with Gasteiger partial charge >= 0.3 is 0 Å². The van der Waals surface area contributed by atoms with Crippen LogP contribution in [0.2, 0.25) is 0 Å². The van der Waals surface area contributed by atoms with Crippen molar-refractivity contribution in [2.24, 2.45) is 11.5 Å². The summed E-state index contributed by atoms with van der Waals surface area (Å²) in [6, 6.07) is -1.29. The second kappa shape index (κ2) is 4.93. The lowest BCUT2D eigenvalue weighted by molar-refractivity contribution is -0.158. The molecule has 7 heteroatoms. The minimum Gasteiger partial charge on any atom is -0.368 e. The van der Waals surface area contributed by atoms with Crippen molar-refractivity contribution in [3.63, 3.8) is 0 Å². The molecule has 0 saturated carbocycles. The van der Waals surface area contributed by atoms with Gasteiger partial charge in [0.05, 0.1) is 6.54 Å². The fourth-order valence-electron chi connectivity index (χ4n) is 2.51. The van der Waals surface area contributed by atoms with E-state index >= 15 is 0 Å². The zero-order chi connectivity index (χ0) is 13.3. The van der Waals surface area contributed by atoms with E-state index in [1.54, 1.807) is 4.90 Å². The molecule has 7 nitrogen and oxygen atoms in total. The second-order valence-corrected chi connectivity index (χ2v) is 4.83. The minimum absolute atomic E-state index is 0.00366. The molecular weight excluding hydrogens is 236 g/mol. The zero-order valence-electron chi connectivity index (χ0n) is 10.2. The van der Waals surface area contributed by atoms with Gasteiger partial charge in [0.1, 0.15) is 12.1 Å². The standard InChI is InChI=1S/C11H18N4O3/c12-7(10(13)17)5-14-6-9(16)15-4-2-1-3-8(15)11(14)18/h7-8H,1-6,12H2,(H2,13,17). The topological polar surface area (TPSA) is 110 Å². The summed E-state index contributed by atoms with van der Waals surface area (Å²) in [5.74, 6) is -0.858. The summed E-state index contributed by atoms with van der Waals surface area (Å²) in [5.41, 5.74) is 10.6. The number of carbonyl (C=O) groups excluding carboxylic acids is 3. The highest BCUT2D eigenvalue weighted by Gasteiger charge is 2.40. The van der Waals surface area contributed by atoms with Gasteiger partial charge in [-0.2, -0.15) is 0 Å². The van der Waals surface area contributed by atoms with Gasteiger partial charge < -0.3 is 21.3 Å². The number of nitrogens with two attached hydrogens (primary N) is 2. The van der Waals surface area contributed by atoms with Crippen molar-refractivity contribution in [1.82, 2.24) is 9.80 Å². The largest absolute Gasteiger partial charge is 0.368 e. The van der Waals surface area contributed by atoms with Gasteiger partial charge in [-0.05, 0) is 19.3 Å². The molecule has 2 aliphatic heterocycles. The molecule has 0 aromatic carbocycles. The van der Waals surface area contributed by atoms with E-state index in [0.717, 1.165) is 12.8 Å². The first-order chi connectivity index (χ1) is 8.50. The second-order valence-electron chi connectivity index (χ2n) is 4.83. The maximum atomic E-state index is 12.2. The summed E-state index contributed by atoms with van der Waals surface area (Å²) in [7, 11) is 0. The smallest absolute Gasteiger partial charge is 0.245 e. The summed E-state index contributed by atoms with van der Waals surface area (Å²) in [4.78, 5) is 38.0. The molecule has 2 fully saturated rings. The molecule has 2 rings (SSSR count). The fraction of sp³-hybridized carbons (Fsp3) is 0.727. The molecule has 0 radical (unpaired) electrons. The van der Waals surface area contributed by atoms with Crippen LogP contribution >= 0.6 is 0 Å². The number of piperidine rings is 1. The van der Waals surface area contributed by atoms with E-state index in [-0.39, 0.29) is 30.9 Å². The minimum atomic E-state index is -0.920. The Balaban J connectivity index is 2.07. The number of fused-ring (bicyclic) bond motifs is 1. The number of amides is 3. The Labute approximate surface area is 105 Å². The number of carbonyl (C=O) groups is 3. The average molecular weight is 254 g/mol. The first kappa shape index (κ1) is 12.8. The Kier molecular flexibility index (Phi) is 3.51. The van der Waals surface area contributed by atoms with Crippen LogP contribution < -0.4 is 11.5 Å². The van der Waals surface area contributed by atoms with E-state index in [1.165, 1.54) is 4.90 Å². The zero-order valence-corrected chi connectivity index (χ0v) is 10.2. The van der Waals surface area contributed by atoms with Gasteiger partial charge in [-0.3, -0.25) is 14.4 Å². The normalized spacial score (nSPS) is 25.9. The molecule has 2 heterocycles. The molecule has 0 spiro atoms. The van der Waals surface area contributed by atoms with Crippen molar-refractivity contribution in [2.75, 3.05) is 19.6 Å². The van der Waals surface area contributed by atoms with Crippen LogP contribution in [0.4, 0.5) is 0 Å². The Bertz CT molecular complexity index is 384. The predicted octanol–water partition coefficient (Wildman–Crippen LogP) is -1.98. The van der Waals surface area contributed by atoms with Gasteiger partial charge in [0, 0.05) is 13.1 Å². The van der Waals surface area contributed by atoms with Crippen LogP contribution in [0, 0.1) is 0 Å². The molecule has 0 aromatic rings. The van der Waals surface area contributed by atoms with Gasteiger partial charge in [0.25, 0.3) is 0 Å². The molecule has 0 aromatic heterocycles. The van der Waals surface area contributed by atoms with E-state index in [0.29, 0.717) is 13.0 Å². The van der Waals surface area contributed by atoms with Crippen molar-refractivity contribution in [1.29, 1.82) is 0 Å². The molecule has 100 valence electrons. The van der Waals surface area contributed by atoms with Crippen molar-refractivity contribution in [3.8, 4) is 0 Å². The molecule has 0 bridgehead atoms. The molecule has 18 heavy (non-hydrogen) atoms. The SMILES string of the molecule is NC(=O)C(N)CN1CC(=O)N2CCCCC2C1=O. The van der Waals surface area contributed by atoms with Crippen LogP contribution in [0.1, 0.15) is 19.3 Å². The van der Waals surface area contributed by atoms with Crippen LogP contribution in [-0.2, 0) is 14.4 Å². The van der Waals surface area contributed by atoms with Crippen LogP contribution in [0.25, 0.3) is 0 Å². The third-order valence-electron chi connectivity index (χ3n) is 3.53. The molecule has 2 unspecified atom stereocenters. The predicted molar refractivity (Wildman–Crippen MR) is 63.1 cm³/mol. The van der Waals surface area contributed by atoms with Crippen molar-refractivity contribution in [2.45, 2.75) is 31.3 Å². The van der Waals surface area contributed by atoms with Gasteiger partial charge in [0.15, 0.2) is 0 Å². The molecule has 2 saturated heterocycles. The molecule has 4 N–H and O–H groups in total. The summed E-state index contributed by atoms with van der Waals surface area (Å²) >= 11 is 0. The fourth-order valence-corrected chi connectivity index (χ4v) is 2.51. The summed E-state index contributed by atoms with van der Waals surface area (Å²) in [6.45, 7) is 0.658. The molecular formula is C11H18N4O3. The third kappa shape index (κ3) is 2.31. The number of hydrogen-bond donors (Lipinski definition) is 2. The number of rotatable bonds is 3. The third-order valence-corrected chi connectivity index (χ3v) is 3.53. The van der Waals surface area contributed by atoms with E-state index in [4.69, 9.17) is 11.5 Å². The highest BCUT2D eigenvalue weighted by molar-refractivity contribution is 5.95. The first-order valence-corrected chi connectivity index (χ1v) is 6.14. The molecule has 2 atom stereocenters. The number of piperazine rings is 1. The van der Waals surface area contributed by atoms with Crippen molar-refractivity contribution < 1.29 is 14.4 Å².